The number of hydrogen-bond acceptors (Lipinski definition) is 1. The molecular weight excluding hydrogens is 268 g/mol. The van der Waals surface area contributed by atoms with Gasteiger partial charge in [0.05, 0.1) is 0 Å². The lowest BCUT2D eigenvalue weighted by Crippen LogP contribution is -2.14. The van der Waals surface area contributed by atoms with Crippen LogP contribution in [0.5, 0.6) is 0 Å². The molecule has 0 heterocycles. The molecule has 2 aromatic rings. The third kappa shape index (κ3) is 3.31. The van der Waals surface area contributed by atoms with Crippen molar-refractivity contribution in [3.63, 3.8) is 0 Å². The summed E-state index contributed by atoms with van der Waals surface area (Å²) in [6, 6.07) is 8.71. The van der Waals surface area contributed by atoms with Gasteiger partial charge in [-0.05, 0) is 48.2 Å². The monoisotopic (exact) mass is 281 g/mol. The Hall–Kier alpha value is -1.45. The van der Waals surface area contributed by atoms with Gasteiger partial charge in [0.2, 0.25) is 0 Å². The van der Waals surface area contributed by atoms with Crippen LogP contribution in [-0.4, -0.2) is 0 Å². The van der Waals surface area contributed by atoms with Crippen LogP contribution in [-0.2, 0) is 6.42 Å². The number of aryl methyl sites for hydroxylation is 1. The fourth-order valence-electron chi connectivity index (χ4n) is 1.94. The maximum Gasteiger partial charge on any atom is 0.126 e. The first-order valence-electron chi connectivity index (χ1n) is 5.93. The maximum absolute atomic E-state index is 13.2. The van der Waals surface area contributed by atoms with Gasteiger partial charge in [-0.3, -0.25) is 0 Å². The van der Waals surface area contributed by atoms with Crippen molar-refractivity contribution in [1.82, 2.24) is 0 Å². The molecule has 0 aliphatic heterocycles. The van der Waals surface area contributed by atoms with Crippen molar-refractivity contribution < 1.29 is 8.78 Å². The number of rotatable bonds is 3. The Morgan fingerprint density at radius 1 is 1.16 bits per heavy atom. The van der Waals surface area contributed by atoms with E-state index in [0.29, 0.717) is 17.0 Å². The third-order valence-electron chi connectivity index (χ3n) is 3.07. The van der Waals surface area contributed by atoms with Gasteiger partial charge in [0.1, 0.15) is 11.6 Å². The van der Waals surface area contributed by atoms with Gasteiger partial charge < -0.3 is 5.73 Å². The molecule has 19 heavy (non-hydrogen) atoms. The Balaban J connectivity index is 2.20. The zero-order valence-electron chi connectivity index (χ0n) is 10.5. The molecule has 100 valence electrons. The third-order valence-corrected chi connectivity index (χ3v) is 3.42. The standard InChI is InChI=1S/C15H14ClF2N/c1-9-6-11(3-5-14(9)18)15(19)7-10-2-4-12(17)8-13(10)16/h2-6,8,15H,7,19H2,1H3. The summed E-state index contributed by atoms with van der Waals surface area (Å²) in [4.78, 5) is 0. The van der Waals surface area contributed by atoms with Crippen LogP contribution in [0.4, 0.5) is 8.78 Å². The lowest BCUT2D eigenvalue weighted by atomic mass is 9.98. The summed E-state index contributed by atoms with van der Waals surface area (Å²) in [7, 11) is 0. The molecule has 1 nitrogen and oxygen atoms in total. The minimum absolute atomic E-state index is 0.254. The van der Waals surface area contributed by atoms with E-state index in [1.165, 1.54) is 18.2 Å². The highest BCUT2D eigenvalue weighted by atomic mass is 35.5. The van der Waals surface area contributed by atoms with Gasteiger partial charge >= 0.3 is 0 Å². The van der Waals surface area contributed by atoms with Gasteiger partial charge in [0.25, 0.3) is 0 Å². The van der Waals surface area contributed by atoms with E-state index in [1.54, 1.807) is 25.1 Å². The molecule has 0 fully saturated rings. The molecule has 0 saturated heterocycles. The second-order valence-electron chi connectivity index (χ2n) is 4.55. The van der Waals surface area contributed by atoms with Crippen molar-refractivity contribution >= 4 is 11.6 Å². The molecule has 0 bridgehead atoms. The molecule has 2 rings (SSSR count). The number of benzene rings is 2. The molecular formula is C15H14ClF2N. The first kappa shape index (κ1) is 14.0. The highest BCUT2D eigenvalue weighted by Crippen LogP contribution is 2.24. The van der Waals surface area contributed by atoms with Crippen LogP contribution in [0, 0.1) is 18.6 Å². The van der Waals surface area contributed by atoms with Crippen molar-refractivity contribution in [2.75, 3.05) is 0 Å². The minimum Gasteiger partial charge on any atom is -0.324 e. The van der Waals surface area contributed by atoms with E-state index in [9.17, 15) is 8.78 Å². The van der Waals surface area contributed by atoms with E-state index in [-0.39, 0.29) is 17.7 Å². The molecule has 2 aromatic carbocycles. The van der Waals surface area contributed by atoms with Gasteiger partial charge in [-0.2, -0.15) is 0 Å². The second-order valence-corrected chi connectivity index (χ2v) is 4.96. The molecule has 2 N–H and O–H groups in total. The molecule has 0 aromatic heterocycles. The normalized spacial score (nSPS) is 12.5. The molecule has 0 aliphatic carbocycles. The summed E-state index contributed by atoms with van der Waals surface area (Å²) in [5.41, 5.74) is 8.24. The van der Waals surface area contributed by atoms with Crippen LogP contribution >= 0.6 is 11.6 Å². The van der Waals surface area contributed by atoms with Crippen LogP contribution < -0.4 is 5.73 Å². The van der Waals surface area contributed by atoms with Crippen LogP contribution in [0.2, 0.25) is 5.02 Å². The predicted octanol–water partition coefficient (Wildman–Crippen LogP) is 4.17. The lowest BCUT2D eigenvalue weighted by molar-refractivity contribution is 0.614. The number of hydrogen-bond donors (Lipinski definition) is 1. The SMILES string of the molecule is Cc1cc(C(N)Cc2ccc(F)cc2Cl)ccc1F. The van der Waals surface area contributed by atoms with Crippen LogP contribution in [0.25, 0.3) is 0 Å². The van der Waals surface area contributed by atoms with Gasteiger partial charge in [-0.1, -0.05) is 29.8 Å². The molecule has 0 aliphatic rings. The molecule has 0 radical (unpaired) electrons. The van der Waals surface area contributed by atoms with E-state index in [4.69, 9.17) is 17.3 Å². The molecule has 4 heteroatoms. The minimum atomic E-state index is -0.375. The Labute approximate surface area is 116 Å². The summed E-state index contributed by atoms with van der Waals surface area (Å²) in [6.07, 6.45) is 0.476. The molecule has 0 amide bonds. The number of halogens is 3. The first-order valence-corrected chi connectivity index (χ1v) is 6.30. The Morgan fingerprint density at radius 2 is 1.89 bits per heavy atom. The van der Waals surface area contributed by atoms with Gasteiger partial charge in [-0.25, -0.2) is 8.78 Å². The quantitative estimate of drug-likeness (QED) is 0.898. The molecule has 1 atom stereocenters. The molecule has 0 spiro atoms. The van der Waals surface area contributed by atoms with E-state index in [0.717, 1.165) is 11.1 Å². The Morgan fingerprint density at radius 3 is 2.53 bits per heavy atom. The van der Waals surface area contributed by atoms with Crippen molar-refractivity contribution in [2.45, 2.75) is 19.4 Å². The average Bonchev–Trinajstić information content (AvgIpc) is 2.36. The van der Waals surface area contributed by atoms with Crippen molar-refractivity contribution in [3.05, 3.63) is 69.7 Å². The summed E-state index contributed by atoms with van der Waals surface area (Å²) >= 11 is 5.96. The summed E-state index contributed by atoms with van der Waals surface area (Å²) < 4.78 is 26.1. The van der Waals surface area contributed by atoms with E-state index < -0.39 is 0 Å². The van der Waals surface area contributed by atoms with Gasteiger partial charge in [0.15, 0.2) is 0 Å². The average molecular weight is 282 g/mol. The fraction of sp³-hybridized carbons (Fsp3) is 0.200. The topological polar surface area (TPSA) is 26.0 Å². The van der Waals surface area contributed by atoms with Crippen molar-refractivity contribution in [2.24, 2.45) is 5.73 Å². The van der Waals surface area contributed by atoms with E-state index >= 15 is 0 Å². The summed E-state index contributed by atoms with van der Waals surface area (Å²) in [5, 5.41) is 0.356. The Bertz CT molecular complexity index is 599. The summed E-state index contributed by atoms with van der Waals surface area (Å²) in [5.74, 6) is -0.629. The Kier molecular flexibility index (Phi) is 4.17. The fourth-order valence-corrected chi connectivity index (χ4v) is 2.18. The highest BCUT2D eigenvalue weighted by molar-refractivity contribution is 6.31. The van der Waals surface area contributed by atoms with Gasteiger partial charge in [0, 0.05) is 11.1 Å². The first-order chi connectivity index (χ1) is 8.97. The van der Waals surface area contributed by atoms with Gasteiger partial charge in [-0.15, -0.1) is 0 Å². The lowest BCUT2D eigenvalue weighted by Gasteiger charge is -2.14. The smallest absolute Gasteiger partial charge is 0.126 e. The van der Waals surface area contributed by atoms with Crippen molar-refractivity contribution in [3.8, 4) is 0 Å². The van der Waals surface area contributed by atoms with Crippen LogP contribution in [0.15, 0.2) is 36.4 Å². The van der Waals surface area contributed by atoms with E-state index in [2.05, 4.69) is 0 Å². The second kappa shape index (κ2) is 5.68. The van der Waals surface area contributed by atoms with E-state index in [1.807, 2.05) is 0 Å². The number of nitrogens with two attached hydrogens (primary N) is 1. The predicted molar refractivity (Wildman–Crippen MR) is 73.2 cm³/mol. The summed E-state index contributed by atoms with van der Waals surface area (Å²) in [6.45, 7) is 1.69. The highest BCUT2D eigenvalue weighted by Gasteiger charge is 2.11. The largest absolute Gasteiger partial charge is 0.324 e. The van der Waals surface area contributed by atoms with Crippen LogP contribution in [0.1, 0.15) is 22.7 Å². The zero-order chi connectivity index (χ0) is 14.0. The zero-order valence-corrected chi connectivity index (χ0v) is 11.2. The molecule has 1 unspecified atom stereocenters. The maximum atomic E-state index is 13.2. The van der Waals surface area contributed by atoms with Crippen molar-refractivity contribution in [1.29, 1.82) is 0 Å². The van der Waals surface area contributed by atoms with Crippen LogP contribution in [0.3, 0.4) is 0 Å². The molecule has 0 saturated carbocycles.